The molecule has 0 heterocycles. The first kappa shape index (κ1) is 12.0. The lowest BCUT2D eigenvalue weighted by Crippen LogP contribution is -1.91. The highest BCUT2D eigenvalue weighted by Gasteiger charge is 1.97. The third-order valence-corrected chi connectivity index (χ3v) is 2.13. The zero-order valence-electron chi connectivity index (χ0n) is 7.13. The highest BCUT2D eigenvalue weighted by atomic mass is 127. The molecule has 1 aromatic carbocycles. The maximum Gasteiger partial charge on any atom is 0.0939 e. The van der Waals surface area contributed by atoms with Crippen LogP contribution in [0.1, 0.15) is 11.1 Å². The summed E-state index contributed by atoms with van der Waals surface area (Å²) < 4.78 is 0. The number of hydrogen-bond donors (Lipinski definition) is 1. The minimum atomic E-state index is 0. The zero-order chi connectivity index (χ0) is 8.27. The Bertz CT molecular complexity index is 273. The van der Waals surface area contributed by atoms with Gasteiger partial charge in [0, 0.05) is 5.56 Å². The van der Waals surface area contributed by atoms with Crippen molar-refractivity contribution >= 4 is 40.8 Å². The number of hydrogen-bond acceptors (Lipinski definition) is 2. The lowest BCUT2D eigenvalue weighted by molar-refractivity contribution is 1.44. The molecule has 0 aliphatic carbocycles. The van der Waals surface area contributed by atoms with Crippen LogP contribution >= 0.6 is 35.7 Å². The van der Waals surface area contributed by atoms with Crippen LogP contribution in [-0.4, -0.2) is 11.3 Å². The van der Waals surface area contributed by atoms with E-state index in [9.17, 15) is 0 Å². The molecule has 0 bridgehead atoms. The molecule has 66 valence electrons. The fourth-order valence-corrected chi connectivity index (χ4v) is 1.27. The van der Waals surface area contributed by atoms with Gasteiger partial charge >= 0.3 is 0 Å². The van der Waals surface area contributed by atoms with E-state index in [0.717, 1.165) is 5.56 Å². The summed E-state index contributed by atoms with van der Waals surface area (Å²) in [6.07, 6.45) is 1.92. The molecule has 0 fully saturated rings. The number of halogens is 1. The van der Waals surface area contributed by atoms with Gasteiger partial charge in [0.25, 0.3) is 0 Å². The highest BCUT2D eigenvalue weighted by Crippen LogP contribution is 2.10. The lowest BCUT2D eigenvalue weighted by atomic mass is 10.1. The smallest absolute Gasteiger partial charge is 0.0939 e. The Kier molecular flexibility index (Phi) is 5.57. The van der Waals surface area contributed by atoms with Gasteiger partial charge in [-0.1, -0.05) is 23.8 Å². The van der Waals surface area contributed by atoms with Gasteiger partial charge in [-0.15, -0.1) is 35.7 Å². The summed E-state index contributed by atoms with van der Waals surface area (Å²) >= 11 is 1.47. The molecule has 0 saturated carbocycles. The van der Waals surface area contributed by atoms with Crippen molar-refractivity contribution in [2.45, 2.75) is 6.92 Å². The normalized spacial score (nSPS) is 8.83. The highest BCUT2D eigenvalue weighted by molar-refractivity contribution is 14.0. The van der Waals surface area contributed by atoms with E-state index in [1.54, 1.807) is 0 Å². The van der Waals surface area contributed by atoms with Crippen LogP contribution in [-0.2, 0) is 0 Å². The van der Waals surface area contributed by atoms with Crippen LogP contribution in [0.15, 0.2) is 24.3 Å². The minimum absolute atomic E-state index is 0. The second-order valence-electron chi connectivity index (χ2n) is 2.40. The Morgan fingerprint density at radius 2 is 2.08 bits per heavy atom. The monoisotopic (exact) mass is 293 g/mol. The maximum atomic E-state index is 7.54. The van der Waals surface area contributed by atoms with E-state index in [0.29, 0.717) is 5.04 Å². The van der Waals surface area contributed by atoms with Crippen LogP contribution in [0.5, 0.6) is 0 Å². The first-order valence-electron chi connectivity index (χ1n) is 3.43. The number of thioether (sulfide) groups is 1. The summed E-state index contributed by atoms with van der Waals surface area (Å²) in [5, 5.41) is 8.17. The number of benzene rings is 1. The third kappa shape index (κ3) is 3.15. The Labute approximate surface area is 94.5 Å². The quantitative estimate of drug-likeness (QED) is 0.479. The van der Waals surface area contributed by atoms with Gasteiger partial charge in [0.05, 0.1) is 5.04 Å². The van der Waals surface area contributed by atoms with Crippen molar-refractivity contribution in [1.29, 1.82) is 5.41 Å². The van der Waals surface area contributed by atoms with E-state index in [1.165, 1.54) is 17.3 Å². The van der Waals surface area contributed by atoms with Crippen molar-refractivity contribution in [3.63, 3.8) is 0 Å². The third-order valence-electron chi connectivity index (χ3n) is 1.48. The lowest BCUT2D eigenvalue weighted by Gasteiger charge is -2.00. The van der Waals surface area contributed by atoms with E-state index >= 15 is 0 Å². The second-order valence-corrected chi connectivity index (χ2v) is 3.22. The predicted octanol–water partition coefficient (Wildman–Crippen LogP) is 3.30. The van der Waals surface area contributed by atoms with Gasteiger partial charge in [-0.05, 0) is 19.2 Å². The fourth-order valence-electron chi connectivity index (χ4n) is 0.904. The molecule has 0 aliphatic heterocycles. The van der Waals surface area contributed by atoms with Crippen LogP contribution in [0.3, 0.4) is 0 Å². The van der Waals surface area contributed by atoms with Crippen LogP contribution in [0.4, 0.5) is 0 Å². The molecule has 12 heavy (non-hydrogen) atoms. The van der Waals surface area contributed by atoms with E-state index in [1.807, 2.05) is 37.4 Å². The summed E-state index contributed by atoms with van der Waals surface area (Å²) in [6.45, 7) is 2.04. The first-order chi connectivity index (χ1) is 5.24. The van der Waals surface area contributed by atoms with Crippen molar-refractivity contribution in [1.82, 2.24) is 0 Å². The van der Waals surface area contributed by atoms with Gasteiger partial charge in [-0.25, -0.2) is 0 Å². The Morgan fingerprint density at radius 1 is 1.42 bits per heavy atom. The van der Waals surface area contributed by atoms with Crippen LogP contribution < -0.4 is 0 Å². The topological polar surface area (TPSA) is 23.9 Å². The average Bonchev–Trinajstić information content (AvgIpc) is 2.03. The molecule has 0 saturated heterocycles. The largest absolute Gasteiger partial charge is 0.293 e. The Morgan fingerprint density at radius 3 is 2.58 bits per heavy atom. The molecule has 0 amide bonds. The molecule has 0 aliphatic rings. The molecule has 1 rings (SSSR count). The average molecular weight is 293 g/mol. The minimum Gasteiger partial charge on any atom is -0.293 e. The summed E-state index contributed by atoms with van der Waals surface area (Å²) in [7, 11) is 0. The Balaban J connectivity index is 0.00000121. The molecule has 0 unspecified atom stereocenters. The van der Waals surface area contributed by atoms with Crippen LogP contribution in [0.25, 0.3) is 0 Å². The summed E-state index contributed by atoms with van der Waals surface area (Å²) in [5.41, 5.74) is 2.22. The number of nitrogens with one attached hydrogen (secondary N) is 1. The van der Waals surface area contributed by atoms with Crippen molar-refractivity contribution in [2.24, 2.45) is 0 Å². The van der Waals surface area contributed by atoms with Crippen molar-refractivity contribution in [2.75, 3.05) is 6.26 Å². The standard InChI is InChI=1S/C9H11NS.HI/c1-7-4-3-5-8(6-7)9(10)11-2;/h3-6,10H,1-2H3;1H. The van der Waals surface area contributed by atoms with Crippen molar-refractivity contribution in [3.05, 3.63) is 35.4 Å². The summed E-state index contributed by atoms with van der Waals surface area (Å²) in [4.78, 5) is 0. The summed E-state index contributed by atoms with van der Waals surface area (Å²) in [5.74, 6) is 0. The molecule has 0 spiro atoms. The molecule has 0 atom stereocenters. The fraction of sp³-hybridized carbons (Fsp3) is 0.222. The van der Waals surface area contributed by atoms with Gasteiger partial charge < -0.3 is 0 Å². The number of rotatable bonds is 1. The predicted molar refractivity (Wildman–Crippen MR) is 66.9 cm³/mol. The van der Waals surface area contributed by atoms with E-state index < -0.39 is 0 Å². The maximum absolute atomic E-state index is 7.54. The second kappa shape index (κ2) is 5.59. The molecule has 0 radical (unpaired) electrons. The SMILES string of the molecule is CSC(=N)c1cccc(C)c1.I. The van der Waals surface area contributed by atoms with Crippen LogP contribution in [0, 0.1) is 12.3 Å². The van der Waals surface area contributed by atoms with E-state index in [-0.39, 0.29) is 24.0 Å². The van der Waals surface area contributed by atoms with E-state index in [4.69, 9.17) is 5.41 Å². The zero-order valence-corrected chi connectivity index (χ0v) is 10.3. The first-order valence-corrected chi connectivity index (χ1v) is 4.66. The Hall–Kier alpha value is -0.0300. The van der Waals surface area contributed by atoms with E-state index in [2.05, 4.69) is 0 Å². The van der Waals surface area contributed by atoms with Crippen molar-refractivity contribution in [3.8, 4) is 0 Å². The molecular weight excluding hydrogens is 281 g/mol. The molecule has 1 nitrogen and oxygen atoms in total. The van der Waals surface area contributed by atoms with Gasteiger partial charge in [-0.2, -0.15) is 0 Å². The molecule has 0 aromatic heterocycles. The molecular formula is C9H12INS. The summed E-state index contributed by atoms with van der Waals surface area (Å²) in [6, 6.07) is 8.01. The van der Waals surface area contributed by atoms with Gasteiger partial charge in [0.1, 0.15) is 0 Å². The molecule has 3 heteroatoms. The van der Waals surface area contributed by atoms with Crippen LogP contribution in [0.2, 0.25) is 0 Å². The van der Waals surface area contributed by atoms with Gasteiger partial charge in [0.15, 0.2) is 0 Å². The molecule has 1 N–H and O–H groups in total. The number of aryl methyl sites for hydroxylation is 1. The molecule has 1 aromatic rings. The van der Waals surface area contributed by atoms with Crippen molar-refractivity contribution < 1.29 is 0 Å². The van der Waals surface area contributed by atoms with Gasteiger partial charge in [0.2, 0.25) is 0 Å². The van der Waals surface area contributed by atoms with Gasteiger partial charge in [-0.3, -0.25) is 5.41 Å².